The highest BCUT2D eigenvalue weighted by Crippen LogP contribution is 2.15. The molecule has 0 aliphatic carbocycles. The van der Waals surface area contributed by atoms with Crippen molar-refractivity contribution in [3.63, 3.8) is 0 Å². The fourth-order valence-electron chi connectivity index (χ4n) is 2.60. The van der Waals surface area contributed by atoms with Crippen molar-refractivity contribution in [2.45, 2.75) is 33.7 Å². The molecule has 148 valence electrons. The van der Waals surface area contributed by atoms with Gasteiger partial charge in [-0.2, -0.15) is 0 Å². The molecule has 1 aromatic carbocycles. The van der Waals surface area contributed by atoms with Gasteiger partial charge in [-0.05, 0) is 30.5 Å². The summed E-state index contributed by atoms with van der Waals surface area (Å²) in [6.45, 7) is 8.47. The molecule has 0 spiro atoms. The highest BCUT2D eigenvalue weighted by atomic mass is 35.5. The van der Waals surface area contributed by atoms with Gasteiger partial charge in [-0.15, -0.1) is 0 Å². The van der Waals surface area contributed by atoms with E-state index in [4.69, 9.17) is 16.3 Å². The van der Waals surface area contributed by atoms with Crippen LogP contribution >= 0.6 is 11.6 Å². The second-order valence-corrected chi connectivity index (χ2v) is 7.23. The lowest BCUT2D eigenvalue weighted by Crippen LogP contribution is -2.41. The number of halogens is 1. The van der Waals surface area contributed by atoms with E-state index in [0.717, 1.165) is 6.42 Å². The molecule has 2 rings (SSSR count). The maximum atomic E-state index is 12.5. The second-order valence-electron chi connectivity index (χ2n) is 6.80. The summed E-state index contributed by atoms with van der Waals surface area (Å²) in [5.41, 5.74) is 0.269. The lowest BCUT2D eigenvalue weighted by atomic mass is 10.2. The number of amides is 2. The van der Waals surface area contributed by atoms with E-state index >= 15 is 0 Å². The first-order valence-corrected chi connectivity index (χ1v) is 9.57. The number of fused-ring (bicyclic) bond motifs is 1. The second kappa shape index (κ2) is 10.3. The quantitative estimate of drug-likeness (QED) is 0.639. The zero-order valence-corrected chi connectivity index (χ0v) is 16.8. The Morgan fingerprint density at radius 1 is 1.41 bits per heavy atom. The van der Waals surface area contributed by atoms with E-state index in [2.05, 4.69) is 29.1 Å². The average molecular weight is 395 g/mol. The van der Waals surface area contributed by atoms with E-state index in [1.54, 1.807) is 23.1 Å². The van der Waals surface area contributed by atoms with Gasteiger partial charge >= 0.3 is 6.03 Å². The number of aromatic nitrogens is 2. The summed E-state index contributed by atoms with van der Waals surface area (Å²) in [5.74, 6) is 0.885. The van der Waals surface area contributed by atoms with Crippen molar-refractivity contribution in [1.29, 1.82) is 0 Å². The predicted octanol–water partition coefficient (Wildman–Crippen LogP) is 3.17. The third-order valence-corrected chi connectivity index (χ3v) is 4.05. The van der Waals surface area contributed by atoms with E-state index in [1.807, 2.05) is 6.92 Å². The molecule has 0 bridgehead atoms. The standard InChI is InChI=1S/C19H27ClN4O3/c1-4-8-24(19(26)21-7-9-27-12-13(2)3)11-17-22-16-10-14(20)5-6-15(16)18(25)23-17/h5-6,10,13H,4,7-9,11-12H2,1-3H3,(H,21,26)(H,22,23,25). The molecule has 8 heteroatoms. The Hall–Kier alpha value is -2.12. The predicted molar refractivity (Wildman–Crippen MR) is 107 cm³/mol. The smallest absolute Gasteiger partial charge is 0.317 e. The molecule has 0 unspecified atom stereocenters. The van der Waals surface area contributed by atoms with Gasteiger partial charge in [-0.3, -0.25) is 4.79 Å². The monoisotopic (exact) mass is 394 g/mol. The van der Waals surface area contributed by atoms with Gasteiger partial charge in [0.15, 0.2) is 0 Å². The zero-order valence-electron chi connectivity index (χ0n) is 16.0. The Morgan fingerprint density at radius 3 is 2.89 bits per heavy atom. The maximum Gasteiger partial charge on any atom is 0.317 e. The van der Waals surface area contributed by atoms with Gasteiger partial charge in [0.25, 0.3) is 5.56 Å². The first kappa shape index (κ1) is 21.2. The van der Waals surface area contributed by atoms with Crippen LogP contribution in [0.3, 0.4) is 0 Å². The Balaban J connectivity index is 2.03. The van der Waals surface area contributed by atoms with Gasteiger partial charge < -0.3 is 19.9 Å². The van der Waals surface area contributed by atoms with Gasteiger partial charge in [0.1, 0.15) is 5.82 Å². The number of hydrogen-bond acceptors (Lipinski definition) is 4. The van der Waals surface area contributed by atoms with Crippen molar-refractivity contribution in [2.75, 3.05) is 26.3 Å². The van der Waals surface area contributed by atoms with Crippen molar-refractivity contribution in [2.24, 2.45) is 5.92 Å². The minimum atomic E-state index is -0.245. The first-order valence-electron chi connectivity index (χ1n) is 9.19. The number of carbonyl (C=O) groups is 1. The largest absolute Gasteiger partial charge is 0.379 e. The van der Waals surface area contributed by atoms with Crippen LogP contribution in [0.5, 0.6) is 0 Å². The molecule has 0 saturated heterocycles. The number of benzene rings is 1. The Morgan fingerprint density at radius 2 is 2.19 bits per heavy atom. The van der Waals surface area contributed by atoms with Crippen LogP contribution in [0.25, 0.3) is 10.9 Å². The number of H-pyrrole nitrogens is 1. The summed E-state index contributed by atoms with van der Waals surface area (Å²) in [6, 6.07) is 4.73. The summed E-state index contributed by atoms with van der Waals surface area (Å²) >= 11 is 5.99. The van der Waals surface area contributed by atoms with Crippen LogP contribution in [0, 0.1) is 5.92 Å². The summed E-state index contributed by atoms with van der Waals surface area (Å²) in [5, 5.41) is 3.82. The SMILES string of the molecule is CCCN(Cc1nc2cc(Cl)ccc2c(=O)[nH]1)C(=O)NCCOCC(C)C. The molecule has 1 aromatic heterocycles. The minimum absolute atomic E-state index is 0.209. The first-order chi connectivity index (χ1) is 12.9. The van der Waals surface area contributed by atoms with Crippen LogP contribution in [0.1, 0.15) is 33.0 Å². The van der Waals surface area contributed by atoms with Gasteiger partial charge in [0, 0.05) is 24.7 Å². The number of rotatable bonds is 9. The average Bonchev–Trinajstić information content (AvgIpc) is 2.60. The van der Waals surface area contributed by atoms with E-state index in [9.17, 15) is 9.59 Å². The molecule has 0 aliphatic rings. The molecule has 27 heavy (non-hydrogen) atoms. The number of urea groups is 1. The van der Waals surface area contributed by atoms with Crippen LogP contribution in [-0.4, -0.2) is 47.2 Å². The molecule has 2 amide bonds. The highest BCUT2D eigenvalue weighted by molar-refractivity contribution is 6.31. The molecule has 0 saturated carbocycles. The summed E-state index contributed by atoms with van der Waals surface area (Å²) in [4.78, 5) is 33.5. The molecule has 0 aliphatic heterocycles. The van der Waals surface area contributed by atoms with Gasteiger partial charge in [-0.25, -0.2) is 9.78 Å². The number of aromatic amines is 1. The fourth-order valence-corrected chi connectivity index (χ4v) is 2.77. The Bertz CT molecular complexity index is 822. The van der Waals surface area contributed by atoms with E-state index in [1.165, 1.54) is 0 Å². The van der Waals surface area contributed by atoms with Crippen molar-refractivity contribution >= 4 is 28.5 Å². The van der Waals surface area contributed by atoms with Crippen LogP contribution in [-0.2, 0) is 11.3 Å². The van der Waals surface area contributed by atoms with Crippen molar-refractivity contribution in [3.05, 3.63) is 39.4 Å². The lowest BCUT2D eigenvalue weighted by molar-refractivity contribution is 0.110. The van der Waals surface area contributed by atoms with Gasteiger partial charge in [0.05, 0.1) is 24.1 Å². The van der Waals surface area contributed by atoms with Crippen molar-refractivity contribution < 1.29 is 9.53 Å². The zero-order chi connectivity index (χ0) is 19.8. The molecule has 2 N–H and O–H groups in total. The Labute approximate surface area is 164 Å². The summed E-state index contributed by atoms with van der Waals surface area (Å²) in [7, 11) is 0. The molecule has 2 aromatic rings. The van der Waals surface area contributed by atoms with Gasteiger partial charge in [0.2, 0.25) is 0 Å². The van der Waals surface area contributed by atoms with Gasteiger partial charge in [-0.1, -0.05) is 32.4 Å². The molecule has 0 fully saturated rings. The van der Waals surface area contributed by atoms with Crippen LogP contribution in [0.2, 0.25) is 5.02 Å². The fraction of sp³-hybridized carbons (Fsp3) is 0.526. The maximum absolute atomic E-state index is 12.5. The molecule has 1 heterocycles. The van der Waals surface area contributed by atoms with E-state index in [-0.39, 0.29) is 18.1 Å². The third-order valence-electron chi connectivity index (χ3n) is 3.81. The molecule has 0 atom stereocenters. The van der Waals surface area contributed by atoms with Crippen molar-refractivity contribution in [1.82, 2.24) is 20.2 Å². The van der Waals surface area contributed by atoms with E-state index < -0.39 is 0 Å². The van der Waals surface area contributed by atoms with Crippen LogP contribution < -0.4 is 10.9 Å². The number of carbonyl (C=O) groups excluding carboxylic acids is 1. The lowest BCUT2D eigenvalue weighted by Gasteiger charge is -2.22. The molecule has 7 nitrogen and oxygen atoms in total. The van der Waals surface area contributed by atoms with Crippen molar-refractivity contribution in [3.8, 4) is 0 Å². The highest BCUT2D eigenvalue weighted by Gasteiger charge is 2.15. The third kappa shape index (κ3) is 6.52. The summed E-state index contributed by atoms with van der Waals surface area (Å²) < 4.78 is 5.47. The Kier molecular flexibility index (Phi) is 8.06. The van der Waals surface area contributed by atoms with Crippen LogP contribution in [0.4, 0.5) is 4.79 Å². The normalized spacial score (nSPS) is 11.1. The number of nitrogens with zero attached hydrogens (tertiary/aromatic N) is 2. The number of nitrogens with one attached hydrogen (secondary N) is 2. The number of ether oxygens (including phenoxy) is 1. The van der Waals surface area contributed by atoms with Crippen LogP contribution in [0.15, 0.2) is 23.0 Å². The van der Waals surface area contributed by atoms with E-state index in [0.29, 0.717) is 54.0 Å². The minimum Gasteiger partial charge on any atom is -0.379 e. The molecular formula is C19H27ClN4O3. The molecular weight excluding hydrogens is 368 g/mol. The summed E-state index contributed by atoms with van der Waals surface area (Å²) in [6.07, 6.45) is 0.793. The molecule has 0 radical (unpaired) electrons. The topological polar surface area (TPSA) is 87.3 Å². The number of hydrogen-bond donors (Lipinski definition) is 2.